The highest BCUT2D eigenvalue weighted by atomic mass is 32.2. The van der Waals surface area contributed by atoms with Crippen molar-refractivity contribution in [3.63, 3.8) is 0 Å². The number of thiazole rings is 1. The van der Waals surface area contributed by atoms with Crippen LogP contribution in [0.3, 0.4) is 0 Å². The Balaban J connectivity index is 1.54. The van der Waals surface area contributed by atoms with Gasteiger partial charge in [-0.25, -0.2) is 4.98 Å². The van der Waals surface area contributed by atoms with Gasteiger partial charge in [0.25, 0.3) is 5.91 Å². The minimum atomic E-state index is 0.0111. The Kier molecular flexibility index (Phi) is 6.51. The molecule has 0 bridgehead atoms. The Bertz CT molecular complexity index is 699. The van der Waals surface area contributed by atoms with Gasteiger partial charge in [0, 0.05) is 27.6 Å². The van der Waals surface area contributed by atoms with Crippen LogP contribution in [0.4, 0.5) is 0 Å². The number of thioether (sulfide) groups is 1. The monoisotopic (exact) mass is 375 g/mol. The molecule has 2 unspecified atom stereocenters. The third-order valence-corrected chi connectivity index (χ3v) is 6.57. The number of carbonyl (C=O) groups is 1. The molecule has 0 aliphatic heterocycles. The molecule has 1 fully saturated rings. The summed E-state index contributed by atoms with van der Waals surface area (Å²) in [6.07, 6.45) is 4.55. The molecule has 1 amide bonds. The van der Waals surface area contributed by atoms with Gasteiger partial charge < -0.3 is 11.1 Å². The summed E-state index contributed by atoms with van der Waals surface area (Å²) in [4.78, 5) is 18.1. The van der Waals surface area contributed by atoms with Crippen molar-refractivity contribution in [1.82, 2.24) is 10.3 Å². The number of hydrogen-bond acceptors (Lipinski definition) is 5. The molecule has 2 atom stereocenters. The lowest BCUT2D eigenvalue weighted by Crippen LogP contribution is -2.44. The van der Waals surface area contributed by atoms with E-state index in [-0.39, 0.29) is 11.9 Å². The molecule has 1 aliphatic rings. The number of carbonyl (C=O) groups excluding carboxylic acids is 1. The van der Waals surface area contributed by atoms with Crippen molar-refractivity contribution in [2.24, 2.45) is 11.7 Å². The van der Waals surface area contributed by atoms with Crippen molar-refractivity contribution in [1.29, 1.82) is 0 Å². The van der Waals surface area contributed by atoms with Crippen LogP contribution in [0, 0.1) is 12.8 Å². The molecular formula is C19H25N3OS2. The average Bonchev–Trinajstić information content (AvgIpc) is 3.06. The molecule has 1 heterocycles. The molecule has 1 aromatic heterocycles. The maximum Gasteiger partial charge on any atom is 0.251 e. The number of nitrogens with one attached hydrogen (secondary N) is 1. The van der Waals surface area contributed by atoms with E-state index in [1.807, 2.05) is 31.2 Å². The van der Waals surface area contributed by atoms with Crippen molar-refractivity contribution in [3.05, 3.63) is 45.9 Å². The van der Waals surface area contributed by atoms with E-state index in [0.29, 0.717) is 12.5 Å². The van der Waals surface area contributed by atoms with E-state index < -0.39 is 0 Å². The van der Waals surface area contributed by atoms with Gasteiger partial charge >= 0.3 is 0 Å². The zero-order valence-electron chi connectivity index (χ0n) is 14.5. The van der Waals surface area contributed by atoms with Crippen LogP contribution in [-0.2, 0) is 5.75 Å². The van der Waals surface area contributed by atoms with Crippen LogP contribution < -0.4 is 11.1 Å². The highest BCUT2D eigenvalue weighted by Gasteiger charge is 2.25. The second-order valence-corrected chi connectivity index (χ2v) is 8.64. The SMILES string of the molecule is Cc1nc(CSc2ccc(C(=O)NC3CCCCC3CN)cc2)cs1. The first-order valence-corrected chi connectivity index (χ1v) is 10.7. The van der Waals surface area contributed by atoms with Crippen molar-refractivity contribution >= 4 is 29.0 Å². The Morgan fingerprint density at radius 3 is 2.76 bits per heavy atom. The molecule has 3 N–H and O–H groups in total. The van der Waals surface area contributed by atoms with E-state index in [4.69, 9.17) is 5.73 Å². The normalized spacial score (nSPS) is 20.4. The predicted octanol–water partition coefficient (Wildman–Crippen LogP) is 3.99. The van der Waals surface area contributed by atoms with Gasteiger partial charge in [0.1, 0.15) is 0 Å². The second kappa shape index (κ2) is 8.83. The number of benzene rings is 1. The van der Waals surface area contributed by atoms with Crippen LogP contribution in [0.2, 0.25) is 0 Å². The summed E-state index contributed by atoms with van der Waals surface area (Å²) in [5.41, 5.74) is 7.68. The third-order valence-electron chi connectivity index (χ3n) is 4.70. The van der Waals surface area contributed by atoms with E-state index in [0.717, 1.165) is 39.8 Å². The van der Waals surface area contributed by atoms with E-state index in [2.05, 4.69) is 15.7 Å². The van der Waals surface area contributed by atoms with Crippen LogP contribution >= 0.6 is 23.1 Å². The maximum absolute atomic E-state index is 12.5. The number of aromatic nitrogens is 1. The fourth-order valence-corrected chi connectivity index (χ4v) is 4.77. The van der Waals surface area contributed by atoms with Crippen LogP contribution in [0.25, 0.3) is 0 Å². The number of nitrogens with two attached hydrogens (primary N) is 1. The highest BCUT2D eigenvalue weighted by Crippen LogP contribution is 2.25. The Morgan fingerprint density at radius 2 is 2.08 bits per heavy atom. The predicted molar refractivity (Wildman–Crippen MR) is 105 cm³/mol. The average molecular weight is 376 g/mol. The van der Waals surface area contributed by atoms with E-state index >= 15 is 0 Å². The zero-order chi connectivity index (χ0) is 17.6. The first kappa shape index (κ1) is 18.4. The molecule has 6 heteroatoms. The topological polar surface area (TPSA) is 68.0 Å². The van der Waals surface area contributed by atoms with Crippen LogP contribution in [0.15, 0.2) is 34.5 Å². The molecule has 3 rings (SSSR count). The minimum Gasteiger partial charge on any atom is -0.349 e. The fraction of sp³-hybridized carbons (Fsp3) is 0.474. The number of hydrogen-bond donors (Lipinski definition) is 2. The summed E-state index contributed by atoms with van der Waals surface area (Å²) in [5.74, 6) is 1.28. The first-order valence-electron chi connectivity index (χ1n) is 8.80. The van der Waals surface area contributed by atoms with Crippen molar-refractivity contribution in [2.75, 3.05) is 6.54 Å². The van der Waals surface area contributed by atoms with Gasteiger partial charge in [0.2, 0.25) is 0 Å². The molecule has 134 valence electrons. The lowest BCUT2D eigenvalue weighted by atomic mass is 9.84. The number of rotatable bonds is 6. The summed E-state index contributed by atoms with van der Waals surface area (Å²) in [7, 11) is 0. The Hall–Kier alpha value is -1.37. The summed E-state index contributed by atoms with van der Waals surface area (Å²) in [6.45, 7) is 2.67. The first-order chi connectivity index (χ1) is 12.2. The van der Waals surface area contributed by atoms with Gasteiger partial charge in [-0.15, -0.1) is 23.1 Å². The molecule has 0 spiro atoms. The lowest BCUT2D eigenvalue weighted by Gasteiger charge is -2.31. The van der Waals surface area contributed by atoms with Crippen LogP contribution in [0.1, 0.15) is 46.7 Å². The summed E-state index contributed by atoms with van der Waals surface area (Å²) < 4.78 is 0. The molecule has 25 heavy (non-hydrogen) atoms. The molecule has 4 nitrogen and oxygen atoms in total. The fourth-order valence-electron chi connectivity index (χ4n) is 3.27. The third kappa shape index (κ3) is 5.06. The van der Waals surface area contributed by atoms with E-state index in [9.17, 15) is 4.79 Å². The molecule has 1 aromatic carbocycles. The largest absolute Gasteiger partial charge is 0.349 e. The Labute approximate surface area is 157 Å². The number of nitrogens with zero attached hydrogens (tertiary/aromatic N) is 1. The smallest absolute Gasteiger partial charge is 0.251 e. The van der Waals surface area contributed by atoms with E-state index in [1.165, 1.54) is 12.8 Å². The number of aryl methyl sites for hydroxylation is 1. The molecule has 2 aromatic rings. The quantitative estimate of drug-likeness (QED) is 0.749. The molecule has 1 aliphatic carbocycles. The molecule has 1 saturated carbocycles. The zero-order valence-corrected chi connectivity index (χ0v) is 16.2. The highest BCUT2D eigenvalue weighted by molar-refractivity contribution is 7.98. The molecular weight excluding hydrogens is 350 g/mol. The Morgan fingerprint density at radius 1 is 1.32 bits per heavy atom. The standard InChI is InChI=1S/C19H25N3OS2/c1-13-21-16(11-24-13)12-25-17-8-6-14(7-9-17)19(23)22-18-5-3-2-4-15(18)10-20/h6-9,11,15,18H,2-5,10,12,20H2,1H3,(H,22,23). The van der Waals surface area contributed by atoms with Crippen molar-refractivity contribution in [2.45, 2.75) is 49.3 Å². The van der Waals surface area contributed by atoms with Gasteiger partial charge in [0.15, 0.2) is 0 Å². The summed E-state index contributed by atoms with van der Waals surface area (Å²) >= 11 is 3.42. The van der Waals surface area contributed by atoms with Crippen molar-refractivity contribution < 1.29 is 4.79 Å². The van der Waals surface area contributed by atoms with Crippen LogP contribution in [0.5, 0.6) is 0 Å². The number of amides is 1. The second-order valence-electron chi connectivity index (χ2n) is 6.53. The van der Waals surface area contributed by atoms with Gasteiger partial charge in [0.05, 0.1) is 10.7 Å². The summed E-state index contributed by atoms with van der Waals surface area (Å²) in [5, 5.41) is 6.38. The van der Waals surface area contributed by atoms with Gasteiger partial charge in [-0.2, -0.15) is 0 Å². The van der Waals surface area contributed by atoms with Crippen LogP contribution in [-0.4, -0.2) is 23.5 Å². The van der Waals surface area contributed by atoms with E-state index in [1.54, 1.807) is 23.1 Å². The molecule has 0 saturated heterocycles. The van der Waals surface area contributed by atoms with Gasteiger partial charge in [-0.3, -0.25) is 4.79 Å². The summed E-state index contributed by atoms with van der Waals surface area (Å²) in [6, 6.07) is 8.06. The molecule has 0 radical (unpaired) electrons. The maximum atomic E-state index is 12.5. The van der Waals surface area contributed by atoms with Gasteiger partial charge in [-0.05, 0) is 56.5 Å². The van der Waals surface area contributed by atoms with Gasteiger partial charge in [-0.1, -0.05) is 12.8 Å². The lowest BCUT2D eigenvalue weighted by molar-refractivity contribution is 0.0908. The van der Waals surface area contributed by atoms with Crippen molar-refractivity contribution in [3.8, 4) is 0 Å². The minimum absolute atomic E-state index is 0.0111.